The zero-order chi connectivity index (χ0) is 13.0. The van der Waals surface area contributed by atoms with E-state index in [1.54, 1.807) is 13.1 Å². The van der Waals surface area contributed by atoms with Gasteiger partial charge in [-0.05, 0) is 24.6 Å². The van der Waals surface area contributed by atoms with Crippen LogP contribution in [-0.2, 0) is 9.59 Å². The molecule has 1 unspecified atom stereocenters. The number of likely N-dealkylation sites (N-methyl/N-ethyl adjacent to an activating group) is 1. The number of amides is 1. The van der Waals surface area contributed by atoms with Crippen LogP contribution in [-0.4, -0.2) is 30.1 Å². The standard InChI is InChI=1S/C12H16N2O3/c1-8-4-3-5-9(6-8)14(2)12(17)10(13)7-11(15)16/h3-6,10H,7,13H2,1-2H3,(H,15,16). The van der Waals surface area contributed by atoms with Crippen LogP contribution < -0.4 is 10.6 Å². The van der Waals surface area contributed by atoms with Gasteiger partial charge < -0.3 is 15.7 Å². The molecule has 3 N–H and O–H groups in total. The smallest absolute Gasteiger partial charge is 0.305 e. The van der Waals surface area contributed by atoms with Crippen LogP contribution >= 0.6 is 0 Å². The number of benzene rings is 1. The van der Waals surface area contributed by atoms with Crippen molar-refractivity contribution in [2.24, 2.45) is 5.73 Å². The minimum Gasteiger partial charge on any atom is -0.481 e. The fourth-order valence-electron chi connectivity index (χ4n) is 1.49. The van der Waals surface area contributed by atoms with Crippen molar-refractivity contribution in [1.82, 2.24) is 0 Å². The number of aryl methyl sites for hydroxylation is 1. The molecule has 0 aromatic heterocycles. The van der Waals surface area contributed by atoms with Crippen molar-refractivity contribution in [2.45, 2.75) is 19.4 Å². The molecule has 1 aromatic carbocycles. The van der Waals surface area contributed by atoms with Gasteiger partial charge in [-0.15, -0.1) is 0 Å². The average Bonchev–Trinajstić information content (AvgIpc) is 2.26. The maximum Gasteiger partial charge on any atom is 0.305 e. The van der Waals surface area contributed by atoms with Crippen LogP contribution in [0, 0.1) is 6.92 Å². The van der Waals surface area contributed by atoms with Gasteiger partial charge in [0.25, 0.3) is 0 Å². The number of nitrogens with two attached hydrogens (primary N) is 1. The Hall–Kier alpha value is -1.88. The SMILES string of the molecule is Cc1cccc(N(C)C(=O)C(N)CC(=O)O)c1. The zero-order valence-corrected chi connectivity index (χ0v) is 9.88. The highest BCUT2D eigenvalue weighted by molar-refractivity contribution is 5.98. The lowest BCUT2D eigenvalue weighted by atomic mass is 10.1. The first kappa shape index (κ1) is 13.2. The molecule has 0 aliphatic heterocycles. The van der Waals surface area contributed by atoms with Gasteiger partial charge >= 0.3 is 5.97 Å². The van der Waals surface area contributed by atoms with Crippen LogP contribution in [0.1, 0.15) is 12.0 Å². The summed E-state index contributed by atoms with van der Waals surface area (Å²) in [4.78, 5) is 23.7. The maximum atomic E-state index is 11.8. The topological polar surface area (TPSA) is 83.6 Å². The van der Waals surface area contributed by atoms with Gasteiger partial charge in [0.2, 0.25) is 5.91 Å². The third kappa shape index (κ3) is 3.57. The van der Waals surface area contributed by atoms with Crippen LogP contribution in [0.3, 0.4) is 0 Å². The molecule has 0 radical (unpaired) electrons. The summed E-state index contributed by atoms with van der Waals surface area (Å²) in [5.41, 5.74) is 7.25. The molecule has 5 heteroatoms. The number of aliphatic carboxylic acids is 1. The normalized spacial score (nSPS) is 11.9. The lowest BCUT2D eigenvalue weighted by Gasteiger charge is -2.20. The fourth-order valence-corrected chi connectivity index (χ4v) is 1.49. The number of hydrogen-bond donors (Lipinski definition) is 2. The van der Waals surface area contributed by atoms with Gasteiger partial charge in [0.15, 0.2) is 0 Å². The lowest BCUT2D eigenvalue weighted by Crippen LogP contribution is -2.43. The predicted octanol–water partition coefficient (Wildman–Crippen LogP) is 0.760. The molecule has 0 saturated carbocycles. The van der Waals surface area contributed by atoms with Crippen LogP contribution in [0.2, 0.25) is 0 Å². The molecule has 0 aliphatic rings. The molecular formula is C12H16N2O3. The molecule has 1 amide bonds. The summed E-state index contributed by atoms with van der Waals surface area (Å²) in [5, 5.41) is 8.58. The van der Waals surface area contributed by atoms with Crippen LogP contribution in [0.15, 0.2) is 24.3 Å². The number of nitrogens with zero attached hydrogens (tertiary/aromatic N) is 1. The van der Waals surface area contributed by atoms with Crippen LogP contribution in [0.25, 0.3) is 0 Å². The third-order valence-electron chi connectivity index (χ3n) is 2.43. The third-order valence-corrected chi connectivity index (χ3v) is 2.43. The van der Waals surface area contributed by atoms with E-state index in [0.717, 1.165) is 5.56 Å². The van der Waals surface area contributed by atoms with Gasteiger partial charge in [0.05, 0.1) is 12.5 Å². The number of rotatable bonds is 4. The Bertz CT molecular complexity index is 432. The van der Waals surface area contributed by atoms with Crippen molar-refractivity contribution >= 4 is 17.6 Å². The molecule has 1 aromatic rings. The quantitative estimate of drug-likeness (QED) is 0.808. The first-order chi connectivity index (χ1) is 7.91. The summed E-state index contributed by atoms with van der Waals surface area (Å²) in [6.45, 7) is 1.92. The molecule has 0 fully saturated rings. The van der Waals surface area contributed by atoms with E-state index in [1.165, 1.54) is 4.90 Å². The van der Waals surface area contributed by atoms with Crippen LogP contribution in [0.4, 0.5) is 5.69 Å². The van der Waals surface area contributed by atoms with Crippen molar-refractivity contribution in [2.75, 3.05) is 11.9 Å². The van der Waals surface area contributed by atoms with Gasteiger partial charge in [-0.1, -0.05) is 12.1 Å². The Labute approximate surface area is 99.8 Å². The molecule has 0 spiro atoms. The van der Waals surface area contributed by atoms with E-state index >= 15 is 0 Å². The van der Waals surface area contributed by atoms with Gasteiger partial charge in [0.1, 0.15) is 0 Å². The molecule has 5 nitrogen and oxygen atoms in total. The highest BCUT2D eigenvalue weighted by Crippen LogP contribution is 2.15. The molecule has 0 heterocycles. The Morgan fingerprint density at radius 2 is 2.12 bits per heavy atom. The highest BCUT2D eigenvalue weighted by atomic mass is 16.4. The largest absolute Gasteiger partial charge is 0.481 e. The van der Waals surface area contributed by atoms with E-state index in [-0.39, 0.29) is 6.42 Å². The number of carbonyl (C=O) groups excluding carboxylic acids is 1. The number of carboxylic acids is 1. The van der Waals surface area contributed by atoms with Crippen molar-refractivity contribution in [3.8, 4) is 0 Å². The van der Waals surface area contributed by atoms with E-state index < -0.39 is 17.9 Å². The molecule has 0 bridgehead atoms. The average molecular weight is 236 g/mol. The zero-order valence-electron chi connectivity index (χ0n) is 9.88. The first-order valence-electron chi connectivity index (χ1n) is 5.23. The second-order valence-electron chi connectivity index (χ2n) is 3.94. The van der Waals surface area contributed by atoms with Crippen molar-refractivity contribution in [1.29, 1.82) is 0 Å². The molecular weight excluding hydrogens is 220 g/mol. The molecule has 92 valence electrons. The van der Waals surface area contributed by atoms with E-state index in [1.807, 2.05) is 25.1 Å². The van der Waals surface area contributed by atoms with Gasteiger partial charge in [-0.2, -0.15) is 0 Å². The summed E-state index contributed by atoms with van der Waals surface area (Å²) in [7, 11) is 1.58. The van der Waals surface area contributed by atoms with E-state index in [9.17, 15) is 9.59 Å². The maximum absolute atomic E-state index is 11.8. The Balaban J connectivity index is 2.79. The van der Waals surface area contributed by atoms with Crippen molar-refractivity contribution in [3.05, 3.63) is 29.8 Å². The number of hydrogen-bond acceptors (Lipinski definition) is 3. The van der Waals surface area contributed by atoms with Crippen molar-refractivity contribution < 1.29 is 14.7 Å². The Morgan fingerprint density at radius 3 is 2.65 bits per heavy atom. The number of anilines is 1. The minimum absolute atomic E-state index is 0.366. The molecule has 0 aliphatic carbocycles. The number of carbonyl (C=O) groups is 2. The summed E-state index contributed by atoms with van der Waals surface area (Å²) in [5.74, 6) is -1.48. The second-order valence-corrected chi connectivity index (χ2v) is 3.94. The predicted molar refractivity (Wildman–Crippen MR) is 64.8 cm³/mol. The van der Waals surface area contributed by atoms with Gasteiger partial charge in [0, 0.05) is 12.7 Å². The van der Waals surface area contributed by atoms with Crippen LogP contribution in [0.5, 0.6) is 0 Å². The molecule has 0 saturated heterocycles. The first-order valence-corrected chi connectivity index (χ1v) is 5.23. The van der Waals surface area contributed by atoms with E-state index in [2.05, 4.69) is 0 Å². The number of carboxylic acid groups (broad SMARTS) is 1. The lowest BCUT2D eigenvalue weighted by molar-refractivity contribution is -0.139. The van der Waals surface area contributed by atoms with Crippen molar-refractivity contribution in [3.63, 3.8) is 0 Å². The molecule has 17 heavy (non-hydrogen) atoms. The molecule has 1 atom stereocenters. The van der Waals surface area contributed by atoms with E-state index in [0.29, 0.717) is 5.69 Å². The fraction of sp³-hybridized carbons (Fsp3) is 0.333. The summed E-state index contributed by atoms with van der Waals surface area (Å²) >= 11 is 0. The molecule has 1 rings (SSSR count). The van der Waals surface area contributed by atoms with Gasteiger partial charge in [-0.25, -0.2) is 0 Å². The highest BCUT2D eigenvalue weighted by Gasteiger charge is 2.21. The second kappa shape index (κ2) is 5.45. The van der Waals surface area contributed by atoms with E-state index in [4.69, 9.17) is 10.8 Å². The summed E-state index contributed by atoms with van der Waals surface area (Å²) < 4.78 is 0. The minimum atomic E-state index is -1.08. The monoisotopic (exact) mass is 236 g/mol. The summed E-state index contributed by atoms with van der Waals surface area (Å²) in [6, 6.07) is 6.35. The Kier molecular flexibility index (Phi) is 4.23. The summed E-state index contributed by atoms with van der Waals surface area (Å²) in [6.07, 6.45) is -0.366. The Morgan fingerprint density at radius 1 is 1.47 bits per heavy atom. The van der Waals surface area contributed by atoms with Gasteiger partial charge in [-0.3, -0.25) is 9.59 Å².